The molecule has 0 bridgehead atoms. The minimum Gasteiger partial charge on any atom is -0.472 e. The third-order valence-electron chi connectivity index (χ3n) is 3.76. The van der Waals surface area contributed by atoms with E-state index in [1.807, 2.05) is 4.90 Å². The van der Waals surface area contributed by atoms with Crippen LogP contribution in [0.25, 0.3) is 0 Å². The molecule has 2 N–H and O–H groups in total. The first-order valence-electron chi connectivity index (χ1n) is 7.11. The molecule has 1 aromatic heterocycles. The minimum atomic E-state index is -0.523. The lowest BCUT2D eigenvalue weighted by Crippen LogP contribution is -2.56. The van der Waals surface area contributed by atoms with Crippen LogP contribution in [-0.4, -0.2) is 66.9 Å². The van der Waals surface area contributed by atoms with Gasteiger partial charge >= 0.3 is 6.03 Å². The van der Waals surface area contributed by atoms with E-state index in [9.17, 15) is 14.4 Å². The highest BCUT2D eigenvalue weighted by atomic mass is 16.3. The molecular formula is C14H20N4O4. The monoisotopic (exact) mass is 308 g/mol. The van der Waals surface area contributed by atoms with Crippen molar-refractivity contribution in [2.45, 2.75) is 13.0 Å². The Hall–Kier alpha value is -2.35. The lowest BCUT2D eigenvalue weighted by molar-refractivity contribution is -0.125. The van der Waals surface area contributed by atoms with Crippen molar-refractivity contribution in [2.24, 2.45) is 0 Å². The van der Waals surface area contributed by atoms with Gasteiger partial charge in [0.05, 0.1) is 17.9 Å². The summed E-state index contributed by atoms with van der Waals surface area (Å²) in [5, 5.41) is 4.60. The summed E-state index contributed by atoms with van der Waals surface area (Å²) in [6, 6.07) is 0.683. The Morgan fingerprint density at radius 3 is 2.45 bits per heavy atom. The van der Waals surface area contributed by atoms with E-state index in [-0.39, 0.29) is 11.8 Å². The Labute approximate surface area is 128 Å². The predicted octanol–water partition coefficient (Wildman–Crippen LogP) is -0.118. The second-order valence-corrected chi connectivity index (χ2v) is 5.08. The highest BCUT2D eigenvalue weighted by Gasteiger charge is 2.28. The molecule has 0 saturated carbocycles. The molecule has 1 saturated heterocycles. The van der Waals surface area contributed by atoms with Gasteiger partial charge in [-0.15, -0.1) is 0 Å². The van der Waals surface area contributed by atoms with Gasteiger partial charge in [-0.1, -0.05) is 0 Å². The van der Waals surface area contributed by atoms with Crippen LogP contribution in [0.1, 0.15) is 17.3 Å². The third-order valence-corrected chi connectivity index (χ3v) is 3.76. The minimum absolute atomic E-state index is 0.0733. The molecule has 0 unspecified atom stereocenters. The molecule has 4 amide bonds. The summed E-state index contributed by atoms with van der Waals surface area (Å²) in [7, 11) is 1.45. The number of imide groups is 1. The number of hydrogen-bond acceptors (Lipinski definition) is 5. The molecule has 0 spiro atoms. The van der Waals surface area contributed by atoms with Crippen LogP contribution >= 0.6 is 0 Å². The van der Waals surface area contributed by atoms with Crippen molar-refractivity contribution in [3.63, 3.8) is 0 Å². The van der Waals surface area contributed by atoms with Gasteiger partial charge in [0.15, 0.2) is 0 Å². The fourth-order valence-electron chi connectivity index (χ4n) is 2.33. The average molecular weight is 308 g/mol. The topological polar surface area (TPSA) is 94.9 Å². The maximum absolute atomic E-state index is 12.2. The first kappa shape index (κ1) is 16.0. The van der Waals surface area contributed by atoms with Crippen molar-refractivity contribution in [1.82, 2.24) is 20.4 Å². The van der Waals surface area contributed by atoms with Crippen molar-refractivity contribution in [3.8, 4) is 0 Å². The van der Waals surface area contributed by atoms with E-state index in [0.717, 1.165) is 0 Å². The maximum Gasteiger partial charge on any atom is 0.321 e. The molecule has 0 radical (unpaired) electrons. The highest BCUT2D eigenvalue weighted by molar-refractivity contribution is 5.96. The third kappa shape index (κ3) is 3.64. The number of nitrogens with zero attached hydrogens (tertiary/aromatic N) is 2. The van der Waals surface area contributed by atoms with Crippen LogP contribution in [-0.2, 0) is 4.79 Å². The predicted molar refractivity (Wildman–Crippen MR) is 78.2 cm³/mol. The molecule has 1 atom stereocenters. The van der Waals surface area contributed by atoms with Crippen LogP contribution in [0.3, 0.4) is 0 Å². The van der Waals surface area contributed by atoms with Crippen LogP contribution in [0.5, 0.6) is 0 Å². The molecule has 1 aliphatic rings. The molecule has 8 heteroatoms. The van der Waals surface area contributed by atoms with Crippen LogP contribution in [0.4, 0.5) is 4.79 Å². The van der Waals surface area contributed by atoms with Crippen molar-refractivity contribution in [1.29, 1.82) is 0 Å². The number of rotatable bonds is 3. The molecule has 1 fully saturated rings. The fraction of sp³-hybridized carbons (Fsp3) is 0.500. The summed E-state index contributed by atoms with van der Waals surface area (Å²) in [6.45, 7) is 3.95. The van der Waals surface area contributed by atoms with Gasteiger partial charge in [0, 0.05) is 33.2 Å². The summed E-state index contributed by atoms with van der Waals surface area (Å²) >= 11 is 0. The first-order chi connectivity index (χ1) is 10.5. The van der Waals surface area contributed by atoms with Crippen molar-refractivity contribution in [2.75, 3.05) is 33.2 Å². The Bertz CT molecular complexity index is 535. The van der Waals surface area contributed by atoms with Gasteiger partial charge < -0.3 is 14.6 Å². The normalized spacial score (nSPS) is 16.9. The lowest BCUT2D eigenvalue weighted by Gasteiger charge is -2.37. The number of nitrogens with one attached hydrogen (secondary N) is 2. The Morgan fingerprint density at radius 1 is 1.23 bits per heavy atom. The summed E-state index contributed by atoms with van der Waals surface area (Å²) in [5.41, 5.74) is 0.527. The maximum atomic E-state index is 12.2. The van der Waals surface area contributed by atoms with Gasteiger partial charge in [0.25, 0.3) is 5.91 Å². The fourth-order valence-corrected chi connectivity index (χ4v) is 2.33. The molecule has 1 aromatic rings. The largest absolute Gasteiger partial charge is 0.472 e. The molecular weight excluding hydrogens is 288 g/mol. The molecule has 2 rings (SSSR count). The zero-order chi connectivity index (χ0) is 16.1. The second-order valence-electron chi connectivity index (χ2n) is 5.08. The summed E-state index contributed by atoms with van der Waals surface area (Å²) in [6.07, 6.45) is 2.89. The molecule has 2 heterocycles. The van der Waals surface area contributed by atoms with E-state index in [2.05, 4.69) is 10.6 Å². The van der Waals surface area contributed by atoms with E-state index in [0.29, 0.717) is 31.7 Å². The molecule has 1 aliphatic heterocycles. The van der Waals surface area contributed by atoms with Crippen LogP contribution in [0, 0.1) is 0 Å². The van der Waals surface area contributed by atoms with Gasteiger partial charge in [-0.25, -0.2) is 4.79 Å². The first-order valence-corrected chi connectivity index (χ1v) is 7.11. The van der Waals surface area contributed by atoms with Gasteiger partial charge in [0.2, 0.25) is 5.91 Å². The summed E-state index contributed by atoms with van der Waals surface area (Å²) in [4.78, 5) is 38.9. The van der Waals surface area contributed by atoms with E-state index in [4.69, 9.17) is 4.42 Å². The molecule has 8 nitrogen and oxygen atoms in total. The van der Waals surface area contributed by atoms with Crippen molar-refractivity contribution < 1.29 is 18.8 Å². The van der Waals surface area contributed by atoms with Gasteiger partial charge in [-0.3, -0.25) is 19.8 Å². The molecule has 0 aromatic carbocycles. The molecule has 0 aliphatic carbocycles. The number of hydrogen-bond donors (Lipinski definition) is 2. The summed E-state index contributed by atoms with van der Waals surface area (Å²) < 4.78 is 4.92. The van der Waals surface area contributed by atoms with Crippen molar-refractivity contribution >= 4 is 17.8 Å². The molecule has 120 valence electrons. The van der Waals surface area contributed by atoms with E-state index in [1.165, 1.54) is 19.6 Å². The standard InChI is InChI=1S/C14H20N4O4/c1-10(12(19)16-14(21)15-2)17-4-6-18(7-5-17)13(20)11-3-8-22-9-11/h3,8-10H,4-7H2,1-2H3,(H2,15,16,19,21)/t10-/m0/s1. The van der Waals surface area contributed by atoms with Crippen LogP contribution < -0.4 is 10.6 Å². The van der Waals surface area contributed by atoms with Crippen LogP contribution in [0.2, 0.25) is 0 Å². The van der Waals surface area contributed by atoms with E-state index >= 15 is 0 Å². The Kier molecular flexibility index (Phi) is 5.16. The average Bonchev–Trinajstić information content (AvgIpc) is 3.07. The van der Waals surface area contributed by atoms with Gasteiger partial charge in [0.1, 0.15) is 6.26 Å². The second kappa shape index (κ2) is 7.08. The van der Waals surface area contributed by atoms with E-state index < -0.39 is 12.1 Å². The smallest absolute Gasteiger partial charge is 0.321 e. The SMILES string of the molecule is CNC(=O)NC(=O)[C@H](C)N1CCN(C(=O)c2ccoc2)CC1. The zero-order valence-electron chi connectivity index (χ0n) is 12.7. The number of carbonyl (C=O) groups is 3. The quantitative estimate of drug-likeness (QED) is 0.812. The number of carbonyl (C=O) groups excluding carboxylic acids is 3. The Morgan fingerprint density at radius 2 is 1.91 bits per heavy atom. The number of piperazine rings is 1. The number of furan rings is 1. The van der Waals surface area contributed by atoms with Crippen molar-refractivity contribution in [3.05, 3.63) is 24.2 Å². The summed E-state index contributed by atoms with van der Waals surface area (Å²) in [5.74, 6) is -0.426. The number of amides is 4. The number of urea groups is 1. The van der Waals surface area contributed by atoms with E-state index in [1.54, 1.807) is 17.9 Å². The molecule has 22 heavy (non-hydrogen) atoms. The lowest BCUT2D eigenvalue weighted by atomic mass is 10.2. The zero-order valence-corrected chi connectivity index (χ0v) is 12.7. The van der Waals surface area contributed by atoms with Gasteiger partial charge in [-0.2, -0.15) is 0 Å². The Balaban J connectivity index is 1.85. The van der Waals surface area contributed by atoms with Gasteiger partial charge in [-0.05, 0) is 13.0 Å². The highest BCUT2D eigenvalue weighted by Crippen LogP contribution is 2.11. The van der Waals surface area contributed by atoms with Crippen LogP contribution in [0.15, 0.2) is 23.0 Å².